The summed E-state index contributed by atoms with van der Waals surface area (Å²) in [5.74, 6) is -1.49. The van der Waals surface area contributed by atoms with Gasteiger partial charge in [0.25, 0.3) is 0 Å². The molecule has 1 aliphatic heterocycles. The Labute approximate surface area is 111 Å². The molecule has 7 heteroatoms. The number of likely N-dealkylation sites (tertiary alicyclic amines) is 1. The van der Waals surface area contributed by atoms with E-state index < -0.39 is 16.2 Å². The van der Waals surface area contributed by atoms with Crippen LogP contribution in [0.5, 0.6) is 0 Å². The lowest BCUT2D eigenvalue weighted by Gasteiger charge is -2.43. The third-order valence-electron chi connectivity index (χ3n) is 2.18. The first-order valence-corrected chi connectivity index (χ1v) is 6.62. The quantitative estimate of drug-likeness (QED) is 0.485. The molecule has 0 spiro atoms. The number of nitrogens with zero attached hydrogens (tertiary/aromatic N) is 1. The number of alkyl halides is 1. The minimum atomic E-state index is -1.16. The van der Waals surface area contributed by atoms with Crippen molar-refractivity contribution in [2.24, 2.45) is 0 Å². The third kappa shape index (κ3) is 2.71. The van der Waals surface area contributed by atoms with Crippen molar-refractivity contribution in [2.45, 2.75) is 31.0 Å². The van der Waals surface area contributed by atoms with Crippen LogP contribution in [0.15, 0.2) is 11.3 Å². The third-order valence-corrected chi connectivity index (χ3v) is 4.48. The molecule has 1 N–H and O–H groups in total. The first kappa shape index (κ1) is 14.2. The first-order valence-electron chi connectivity index (χ1n) is 4.82. The predicted molar refractivity (Wildman–Crippen MR) is 67.6 cm³/mol. The Morgan fingerprint density at radius 3 is 2.24 bits per heavy atom. The number of amides is 1. The number of halogens is 1. The number of carboxylic acid groups (broad SMARTS) is 1. The average Bonchev–Trinajstić information content (AvgIpc) is 2.20. The van der Waals surface area contributed by atoms with Crippen LogP contribution < -0.4 is 0 Å². The highest BCUT2D eigenvalue weighted by Crippen LogP contribution is 2.38. The van der Waals surface area contributed by atoms with Crippen LogP contribution in [0.25, 0.3) is 0 Å². The summed E-state index contributed by atoms with van der Waals surface area (Å²) in [5.41, 5.74) is 0.476. The molecule has 0 unspecified atom stereocenters. The van der Waals surface area contributed by atoms with Crippen LogP contribution in [0.1, 0.15) is 20.8 Å². The summed E-state index contributed by atoms with van der Waals surface area (Å²) < 4.78 is 0. The monoisotopic (exact) mass is 321 g/mol. The normalized spacial score (nSPS) is 23.1. The number of carboxylic acids is 1. The minimum absolute atomic E-state index is 0.0514. The second-order valence-corrected chi connectivity index (χ2v) is 6.04. The summed E-state index contributed by atoms with van der Waals surface area (Å²) in [5, 5.41) is 8.43. The lowest BCUT2D eigenvalue weighted by molar-refractivity contribution is -0.145. The van der Waals surface area contributed by atoms with E-state index in [1.807, 2.05) is 0 Å². The number of thioether (sulfide) groups is 1. The van der Waals surface area contributed by atoms with E-state index in [0.717, 1.165) is 16.7 Å². The Balaban J connectivity index is 3.03. The number of aliphatic carboxylic acids is 1. The molecule has 2 atom stereocenters. The molecule has 1 fully saturated rings. The fourth-order valence-corrected chi connectivity index (χ4v) is 3.18. The summed E-state index contributed by atoms with van der Waals surface area (Å²) in [6.07, 6.45) is 0. The van der Waals surface area contributed by atoms with Gasteiger partial charge < -0.3 is 5.11 Å². The Kier molecular flexibility index (Phi) is 4.37. The van der Waals surface area contributed by atoms with Crippen molar-refractivity contribution in [3.63, 3.8) is 0 Å². The topological polar surface area (TPSA) is 74.7 Å². The number of allylic oxidation sites excluding steroid dienone is 1. The molecule has 1 amide bonds. The van der Waals surface area contributed by atoms with Crippen LogP contribution in [-0.2, 0) is 14.4 Å². The number of rotatable bonds is 3. The van der Waals surface area contributed by atoms with Gasteiger partial charge in [0.1, 0.15) is 15.9 Å². The summed E-state index contributed by atoms with van der Waals surface area (Å²) in [4.78, 5) is 34.5. The lowest BCUT2D eigenvalue weighted by atomic mass is 10.1. The van der Waals surface area contributed by atoms with Gasteiger partial charge in [-0.3, -0.25) is 14.5 Å². The van der Waals surface area contributed by atoms with Gasteiger partial charge in [-0.05, 0) is 19.4 Å². The minimum Gasteiger partial charge on any atom is -0.477 e. The molecule has 0 radical (unpaired) electrons. The molecule has 0 aromatic heterocycles. The van der Waals surface area contributed by atoms with Gasteiger partial charge in [-0.25, -0.2) is 4.79 Å². The smallest absolute Gasteiger partial charge is 0.352 e. The van der Waals surface area contributed by atoms with Crippen molar-refractivity contribution in [1.82, 2.24) is 4.90 Å². The van der Waals surface area contributed by atoms with Gasteiger partial charge in [-0.1, -0.05) is 27.7 Å². The Morgan fingerprint density at radius 2 is 1.88 bits per heavy atom. The number of hydrogen-bond acceptors (Lipinski definition) is 4. The van der Waals surface area contributed by atoms with Gasteiger partial charge >= 0.3 is 5.97 Å². The van der Waals surface area contributed by atoms with Gasteiger partial charge in [0.2, 0.25) is 5.91 Å². The SMILES string of the molecule is CC(=O)S[C@@H]1[C@@H](Br)C(=O)N1C(C(=O)O)=C(C)C. The average molecular weight is 322 g/mol. The van der Waals surface area contributed by atoms with Crippen molar-refractivity contribution in [2.75, 3.05) is 0 Å². The molecule has 0 aromatic carbocycles. The molecule has 94 valence electrons. The maximum atomic E-state index is 11.7. The van der Waals surface area contributed by atoms with E-state index in [2.05, 4.69) is 15.9 Å². The van der Waals surface area contributed by atoms with Crippen LogP contribution in [-0.4, -0.2) is 37.2 Å². The highest BCUT2D eigenvalue weighted by Gasteiger charge is 2.50. The molecule has 1 aliphatic rings. The van der Waals surface area contributed by atoms with Crippen LogP contribution in [0.2, 0.25) is 0 Å². The molecule has 1 saturated heterocycles. The van der Waals surface area contributed by atoms with Crippen molar-refractivity contribution in [1.29, 1.82) is 0 Å². The predicted octanol–water partition coefficient (Wildman–Crippen LogP) is 1.58. The second kappa shape index (κ2) is 5.22. The molecule has 0 saturated carbocycles. The van der Waals surface area contributed by atoms with Gasteiger partial charge in [-0.2, -0.15) is 0 Å². The summed E-state index contributed by atoms with van der Waals surface area (Å²) in [6, 6.07) is 0. The van der Waals surface area contributed by atoms with E-state index in [1.165, 1.54) is 6.92 Å². The Hall–Kier alpha value is -0.820. The molecule has 0 aliphatic carbocycles. The molecular weight excluding hydrogens is 310 g/mol. The fraction of sp³-hybridized carbons (Fsp3) is 0.500. The highest BCUT2D eigenvalue weighted by molar-refractivity contribution is 9.10. The number of carbonyl (C=O) groups is 3. The number of carbonyl (C=O) groups excluding carboxylic acids is 2. The number of β-lactam (4-membered cyclic amide) rings is 1. The van der Waals surface area contributed by atoms with Gasteiger partial charge in [0, 0.05) is 6.92 Å². The van der Waals surface area contributed by atoms with E-state index in [1.54, 1.807) is 13.8 Å². The zero-order valence-electron chi connectivity index (χ0n) is 9.56. The summed E-state index contributed by atoms with van der Waals surface area (Å²) in [6.45, 7) is 4.62. The highest BCUT2D eigenvalue weighted by atomic mass is 79.9. The van der Waals surface area contributed by atoms with E-state index >= 15 is 0 Å². The Bertz CT molecular complexity index is 417. The molecule has 1 rings (SSSR count). The second-order valence-electron chi connectivity index (χ2n) is 3.76. The largest absolute Gasteiger partial charge is 0.477 e. The standard InChI is InChI=1S/C10H12BrNO4S/c1-4(2)7(10(15)16)12-8(14)6(11)9(12)17-5(3)13/h6,9H,1-3H3,(H,15,16)/t6-,9+/m0/s1. The van der Waals surface area contributed by atoms with Crippen molar-refractivity contribution < 1.29 is 19.5 Å². The fourth-order valence-electron chi connectivity index (χ4n) is 1.51. The Morgan fingerprint density at radius 1 is 1.35 bits per heavy atom. The molecule has 17 heavy (non-hydrogen) atoms. The molecule has 0 aromatic rings. The molecular formula is C10H12BrNO4S. The maximum Gasteiger partial charge on any atom is 0.352 e. The van der Waals surface area contributed by atoms with Crippen molar-refractivity contribution >= 4 is 44.7 Å². The van der Waals surface area contributed by atoms with Gasteiger partial charge in [0.15, 0.2) is 5.12 Å². The van der Waals surface area contributed by atoms with E-state index in [9.17, 15) is 14.4 Å². The summed E-state index contributed by atoms with van der Waals surface area (Å²) >= 11 is 4.09. The van der Waals surface area contributed by atoms with Crippen LogP contribution in [0.3, 0.4) is 0 Å². The van der Waals surface area contributed by atoms with E-state index in [4.69, 9.17) is 5.11 Å². The van der Waals surface area contributed by atoms with Crippen LogP contribution >= 0.6 is 27.7 Å². The first-order chi connectivity index (χ1) is 7.77. The van der Waals surface area contributed by atoms with Crippen molar-refractivity contribution in [3.05, 3.63) is 11.3 Å². The lowest BCUT2D eigenvalue weighted by Crippen LogP contribution is -2.61. The van der Waals surface area contributed by atoms with E-state index in [-0.39, 0.29) is 16.7 Å². The van der Waals surface area contributed by atoms with Crippen LogP contribution in [0, 0.1) is 0 Å². The number of hydrogen-bond donors (Lipinski definition) is 1. The summed E-state index contributed by atoms with van der Waals surface area (Å²) in [7, 11) is 0. The molecule has 5 nitrogen and oxygen atoms in total. The van der Waals surface area contributed by atoms with E-state index in [0.29, 0.717) is 5.57 Å². The molecule has 0 bridgehead atoms. The van der Waals surface area contributed by atoms with Crippen LogP contribution in [0.4, 0.5) is 0 Å². The molecule has 1 heterocycles. The van der Waals surface area contributed by atoms with Gasteiger partial charge in [-0.15, -0.1) is 0 Å². The van der Waals surface area contributed by atoms with Gasteiger partial charge in [0.05, 0.1) is 0 Å². The van der Waals surface area contributed by atoms with Crippen molar-refractivity contribution in [3.8, 4) is 0 Å². The zero-order chi connectivity index (χ0) is 13.3. The maximum absolute atomic E-state index is 11.7. The zero-order valence-corrected chi connectivity index (χ0v) is 12.0.